The summed E-state index contributed by atoms with van der Waals surface area (Å²) >= 11 is 0. The van der Waals surface area contributed by atoms with Crippen LogP contribution in [-0.2, 0) is 13.0 Å². The summed E-state index contributed by atoms with van der Waals surface area (Å²) in [6, 6.07) is 13.4. The Labute approximate surface area is 118 Å². The molecule has 1 aliphatic rings. The largest absolute Gasteiger partial charge is 0.481 e. The van der Waals surface area contributed by atoms with E-state index in [2.05, 4.69) is 4.98 Å². The maximum absolute atomic E-state index is 12.4. The van der Waals surface area contributed by atoms with Gasteiger partial charge < -0.3 is 9.64 Å². The molecule has 3 rings (SSSR count). The van der Waals surface area contributed by atoms with Crippen LogP contribution >= 0.6 is 0 Å². The number of methoxy groups -OCH3 is 1. The molecular weight excluding hydrogens is 252 g/mol. The van der Waals surface area contributed by atoms with Crippen molar-refractivity contribution >= 4 is 5.91 Å². The average molecular weight is 268 g/mol. The Kier molecular flexibility index (Phi) is 3.37. The standard InChI is InChI=1S/C16H16N2O2/c1-20-15-8-4-6-13(17-15)11-18-10-9-12-5-2-3-7-14(12)16(18)19/h2-8H,9-11H2,1H3. The first-order chi connectivity index (χ1) is 9.78. The number of carbonyl (C=O) groups excluding carboxylic acids is 1. The zero-order chi connectivity index (χ0) is 13.9. The second-order valence-electron chi connectivity index (χ2n) is 4.81. The predicted molar refractivity (Wildman–Crippen MR) is 75.7 cm³/mol. The van der Waals surface area contributed by atoms with Crippen LogP contribution in [0.3, 0.4) is 0 Å². The third kappa shape index (κ3) is 2.37. The number of aromatic nitrogens is 1. The van der Waals surface area contributed by atoms with E-state index in [9.17, 15) is 4.79 Å². The highest BCUT2D eigenvalue weighted by Crippen LogP contribution is 2.20. The lowest BCUT2D eigenvalue weighted by Crippen LogP contribution is -2.37. The number of fused-ring (bicyclic) bond motifs is 1. The van der Waals surface area contributed by atoms with Gasteiger partial charge >= 0.3 is 0 Å². The van der Waals surface area contributed by atoms with E-state index in [1.807, 2.05) is 41.3 Å². The van der Waals surface area contributed by atoms with Crippen LogP contribution in [0.2, 0.25) is 0 Å². The molecule has 0 saturated heterocycles. The molecule has 102 valence electrons. The van der Waals surface area contributed by atoms with Crippen molar-refractivity contribution < 1.29 is 9.53 Å². The van der Waals surface area contributed by atoms with Crippen LogP contribution in [-0.4, -0.2) is 29.4 Å². The summed E-state index contributed by atoms with van der Waals surface area (Å²) in [6.45, 7) is 1.25. The van der Waals surface area contributed by atoms with Gasteiger partial charge in [-0.05, 0) is 24.1 Å². The molecule has 4 heteroatoms. The third-order valence-corrected chi connectivity index (χ3v) is 3.53. The molecule has 0 bridgehead atoms. The Hall–Kier alpha value is -2.36. The maximum atomic E-state index is 12.4. The number of hydrogen-bond donors (Lipinski definition) is 0. The summed E-state index contributed by atoms with van der Waals surface area (Å²) in [6.07, 6.45) is 0.895. The highest BCUT2D eigenvalue weighted by atomic mass is 16.5. The molecule has 1 amide bonds. The van der Waals surface area contributed by atoms with E-state index < -0.39 is 0 Å². The Morgan fingerprint density at radius 1 is 1.20 bits per heavy atom. The lowest BCUT2D eigenvalue weighted by molar-refractivity contribution is 0.0724. The first-order valence-corrected chi connectivity index (χ1v) is 6.65. The molecule has 4 nitrogen and oxygen atoms in total. The monoisotopic (exact) mass is 268 g/mol. The van der Waals surface area contributed by atoms with E-state index in [0.717, 1.165) is 29.8 Å². The molecule has 1 aromatic heterocycles. The molecule has 0 atom stereocenters. The van der Waals surface area contributed by atoms with E-state index in [1.54, 1.807) is 13.2 Å². The normalized spacial score (nSPS) is 14.1. The Morgan fingerprint density at radius 2 is 2.05 bits per heavy atom. The molecule has 2 heterocycles. The zero-order valence-electron chi connectivity index (χ0n) is 11.4. The van der Waals surface area contributed by atoms with E-state index >= 15 is 0 Å². The van der Waals surface area contributed by atoms with Gasteiger partial charge in [-0.25, -0.2) is 4.98 Å². The molecule has 0 spiro atoms. The van der Waals surface area contributed by atoms with Crippen LogP contribution in [0, 0.1) is 0 Å². The molecular formula is C16H16N2O2. The smallest absolute Gasteiger partial charge is 0.254 e. The van der Waals surface area contributed by atoms with Crippen LogP contribution in [0.25, 0.3) is 0 Å². The van der Waals surface area contributed by atoms with Crippen molar-refractivity contribution in [1.82, 2.24) is 9.88 Å². The molecule has 1 aliphatic heterocycles. The minimum Gasteiger partial charge on any atom is -0.481 e. The van der Waals surface area contributed by atoms with Gasteiger partial charge in [0.2, 0.25) is 5.88 Å². The summed E-state index contributed by atoms with van der Waals surface area (Å²) in [7, 11) is 1.59. The highest BCUT2D eigenvalue weighted by Gasteiger charge is 2.24. The summed E-state index contributed by atoms with van der Waals surface area (Å²) in [5.41, 5.74) is 2.78. The molecule has 1 aromatic carbocycles. The predicted octanol–water partition coefficient (Wildman–Crippen LogP) is 2.29. The number of benzene rings is 1. The van der Waals surface area contributed by atoms with Gasteiger partial charge in [-0.2, -0.15) is 0 Å². The van der Waals surface area contributed by atoms with Crippen LogP contribution in [0.1, 0.15) is 21.6 Å². The van der Waals surface area contributed by atoms with Gasteiger partial charge in [0.15, 0.2) is 0 Å². The van der Waals surface area contributed by atoms with Crippen LogP contribution in [0.4, 0.5) is 0 Å². The number of amides is 1. The summed E-state index contributed by atoms with van der Waals surface area (Å²) in [4.78, 5) is 18.6. The first kappa shape index (κ1) is 12.7. The SMILES string of the molecule is COc1cccc(CN2CCc3ccccc3C2=O)n1. The molecule has 2 aromatic rings. The zero-order valence-corrected chi connectivity index (χ0v) is 11.4. The van der Waals surface area contributed by atoms with Gasteiger partial charge in [-0.1, -0.05) is 24.3 Å². The average Bonchev–Trinajstić information content (AvgIpc) is 2.50. The van der Waals surface area contributed by atoms with Gasteiger partial charge in [0.25, 0.3) is 5.91 Å². The van der Waals surface area contributed by atoms with E-state index in [1.165, 1.54) is 0 Å². The molecule has 20 heavy (non-hydrogen) atoms. The number of rotatable bonds is 3. The third-order valence-electron chi connectivity index (χ3n) is 3.53. The number of hydrogen-bond acceptors (Lipinski definition) is 3. The van der Waals surface area contributed by atoms with E-state index in [0.29, 0.717) is 12.4 Å². The first-order valence-electron chi connectivity index (χ1n) is 6.65. The molecule has 0 fully saturated rings. The van der Waals surface area contributed by atoms with Gasteiger partial charge in [0, 0.05) is 18.2 Å². The highest BCUT2D eigenvalue weighted by molar-refractivity contribution is 5.96. The Morgan fingerprint density at radius 3 is 2.90 bits per heavy atom. The minimum atomic E-state index is 0.0801. The quantitative estimate of drug-likeness (QED) is 0.857. The Bertz CT molecular complexity index is 640. The number of pyridine rings is 1. The van der Waals surface area contributed by atoms with E-state index in [4.69, 9.17) is 4.74 Å². The van der Waals surface area contributed by atoms with Gasteiger partial charge in [0.05, 0.1) is 19.3 Å². The number of ether oxygens (including phenoxy) is 1. The number of nitrogens with zero attached hydrogens (tertiary/aromatic N) is 2. The molecule has 0 saturated carbocycles. The van der Waals surface area contributed by atoms with Gasteiger partial charge in [0.1, 0.15) is 0 Å². The van der Waals surface area contributed by atoms with Crippen molar-refractivity contribution in [3.63, 3.8) is 0 Å². The van der Waals surface area contributed by atoms with Crippen molar-refractivity contribution in [1.29, 1.82) is 0 Å². The fourth-order valence-electron chi connectivity index (χ4n) is 2.48. The fourth-order valence-corrected chi connectivity index (χ4v) is 2.48. The van der Waals surface area contributed by atoms with Crippen molar-refractivity contribution in [2.45, 2.75) is 13.0 Å². The Balaban J connectivity index is 1.81. The van der Waals surface area contributed by atoms with Gasteiger partial charge in [-0.3, -0.25) is 4.79 Å². The fraction of sp³-hybridized carbons (Fsp3) is 0.250. The van der Waals surface area contributed by atoms with Crippen LogP contribution in [0.15, 0.2) is 42.5 Å². The topological polar surface area (TPSA) is 42.4 Å². The molecule has 0 unspecified atom stereocenters. The second-order valence-corrected chi connectivity index (χ2v) is 4.81. The second kappa shape index (κ2) is 5.33. The van der Waals surface area contributed by atoms with Crippen LogP contribution in [0.5, 0.6) is 5.88 Å². The van der Waals surface area contributed by atoms with Crippen molar-refractivity contribution in [3.05, 3.63) is 59.3 Å². The van der Waals surface area contributed by atoms with Crippen molar-refractivity contribution in [3.8, 4) is 5.88 Å². The summed E-state index contributed by atoms with van der Waals surface area (Å²) in [5, 5.41) is 0. The van der Waals surface area contributed by atoms with Crippen molar-refractivity contribution in [2.24, 2.45) is 0 Å². The van der Waals surface area contributed by atoms with Crippen molar-refractivity contribution in [2.75, 3.05) is 13.7 Å². The van der Waals surface area contributed by atoms with Crippen LogP contribution < -0.4 is 4.74 Å². The minimum absolute atomic E-state index is 0.0801. The van der Waals surface area contributed by atoms with E-state index in [-0.39, 0.29) is 5.91 Å². The maximum Gasteiger partial charge on any atom is 0.254 e. The lowest BCUT2D eigenvalue weighted by Gasteiger charge is -2.28. The molecule has 0 N–H and O–H groups in total. The van der Waals surface area contributed by atoms with Gasteiger partial charge in [-0.15, -0.1) is 0 Å². The summed E-state index contributed by atoms with van der Waals surface area (Å²) < 4.78 is 5.11. The molecule has 0 aliphatic carbocycles. The lowest BCUT2D eigenvalue weighted by atomic mass is 9.99. The summed E-state index contributed by atoms with van der Waals surface area (Å²) in [5.74, 6) is 0.656. The molecule has 0 radical (unpaired) electrons. The number of carbonyl (C=O) groups is 1.